The van der Waals surface area contributed by atoms with Crippen molar-refractivity contribution in [3.05, 3.63) is 29.8 Å². The molecule has 0 bridgehead atoms. The Hall–Kier alpha value is -0.910. The van der Waals surface area contributed by atoms with Crippen molar-refractivity contribution in [2.24, 2.45) is 11.7 Å². The van der Waals surface area contributed by atoms with E-state index >= 15 is 0 Å². The Morgan fingerprint density at radius 1 is 1.38 bits per heavy atom. The molecule has 5 heteroatoms. The summed E-state index contributed by atoms with van der Waals surface area (Å²) in [5.41, 5.74) is 6.91. The Kier molecular flexibility index (Phi) is 5.07. The molecular formula is C16H26N2O2S. The molecule has 1 aliphatic rings. The van der Waals surface area contributed by atoms with Crippen molar-refractivity contribution >= 4 is 10.0 Å². The number of rotatable bonds is 4. The van der Waals surface area contributed by atoms with Crippen LogP contribution < -0.4 is 5.73 Å². The fraction of sp³-hybridized carbons (Fsp3) is 0.625. The molecule has 2 N–H and O–H groups in total. The summed E-state index contributed by atoms with van der Waals surface area (Å²) in [5.74, 6) is 0.398. The molecule has 0 saturated carbocycles. The maximum absolute atomic E-state index is 12.9. The van der Waals surface area contributed by atoms with E-state index in [9.17, 15) is 8.42 Å². The summed E-state index contributed by atoms with van der Waals surface area (Å²) in [7, 11) is -3.43. The minimum Gasteiger partial charge on any atom is -0.324 e. The van der Waals surface area contributed by atoms with Crippen LogP contribution in [0, 0.1) is 5.92 Å². The number of hydrogen-bond acceptors (Lipinski definition) is 3. The Morgan fingerprint density at radius 3 is 2.76 bits per heavy atom. The maximum atomic E-state index is 12.9. The lowest BCUT2D eigenvalue weighted by Gasteiger charge is -2.36. The molecule has 0 amide bonds. The molecule has 21 heavy (non-hydrogen) atoms. The minimum atomic E-state index is -3.43. The van der Waals surface area contributed by atoms with Crippen molar-refractivity contribution in [2.45, 2.75) is 57.0 Å². The number of nitrogens with two attached hydrogens (primary N) is 1. The molecule has 0 spiro atoms. The van der Waals surface area contributed by atoms with Gasteiger partial charge in [0.15, 0.2) is 0 Å². The first-order valence-corrected chi connectivity index (χ1v) is 9.19. The third-order valence-electron chi connectivity index (χ3n) is 4.65. The summed E-state index contributed by atoms with van der Waals surface area (Å²) < 4.78 is 27.4. The number of benzene rings is 1. The zero-order chi connectivity index (χ0) is 15.6. The van der Waals surface area contributed by atoms with Crippen LogP contribution >= 0.6 is 0 Å². The van der Waals surface area contributed by atoms with Crippen molar-refractivity contribution in [2.75, 3.05) is 6.54 Å². The molecule has 1 aromatic rings. The summed E-state index contributed by atoms with van der Waals surface area (Å²) in [6, 6.07) is 7.03. The monoisotopic (exact) mass is 310 g/mol. The predicted octanol–water partition coefficient (Wildman–Crippen LogP) is 2.91. The third-order valence-corrected chi connectivity index (χ3v) is 6.63. The molecule has 4 nitrogen and oxygen atoms in total. The van der Waals surface area contributed by atoms with Crippen LogP contribution in [0.4, 0.5) is 0 Å². The van der Waals surface area contributed by atoms with E-state index in [0.29, 0.717) is 17.4 Å². The van der Waals surface area contributed by atoms with Crippen molar-refractivity contribution < 1.29 is 8.42 Å². The zero-order valence-electron chi connectivity index (χ0n) is 13.1. The van der Waals surface area contributed by atoms with E-state index in [1.807, 2.05) is 19.9 Å². The van der Waals surface area contributed by atoms with Crippen molar-refractivity contribution in [3.63, 3.8) is 0 Å². The van der Waals surface area contributed by atoms with E-state index in [4.69, 9.17) is 5.73 Å². The Labute approximate surface area is 128 Å². The van der Waals surface area contributed by atoms with Crippen LogP contribution in [-0.2, 0) is 10.0 Å². The molecule has 0 radical (unpaired) electrons. The van der Waals surface area contributed by atoms with Crippen molar-refractivity contribution in [1.82, 2.24) is 4.31 Å². The van der Waals surface area contributed by atoms with Gasteiger partial charge in [0, 0.05) is 18.6 Å². The standard InChI is InChI=1S/C16H26N2O2S/c1-4-16(17)14-8-5-9-15(11-14)21(19,20)18-10-6-7-12(2)13(18)3/h5,8-9,11-13,16H,4,6-7,10,17H2,1-3H3. The predicted molar refractivity (Wildman–Crippen MR) is 85.4 cm³/mol. The van der Waals surface area contributed by atoms with Crippen molar-refractivity contribution in [1.29, 1.82) is 0 Å². The summed E-state index contributed by atoms with van der Waals surface area (Å²) in [6.45, 7) is 6.73. The molecule has 118 valence electrons. The van der Waals surface area contributed by atoms with Crippen LogP contribution in [-0.4, -0.2) is 25.3 Å². The molecular weight excluding hydrogens is 284 g/mol. The summed E-state index contributed by atoms with van der Waals surface area (Å²) in [6.07, 6.45) is 2.81. The Morgan fingerprint density at radius 2 is 2.10 bits per heavy atom. The molecule has 1 aromatic carbocycles. The Bertz CT molecular complexity index is 586. The molecule has 1 saturated heterocycles. The largest absolute Gasteiger partial charge is 0.324 e. The molecule has 2 rings (SSSR count). The van der Waals surface area contributed by atoms with E-state index in [1.54, 1.807) is 22.5 Å². The van der Waals surface area contributed by atoms with Crippen LogP contribution in [0.1, 0.15) is 51.6 Å². The van der Waals surface area contributed by atoms with Gasteiger partial charge in [0.2, 0.25) is 10.0 Å². The van der Waals surface area contributed by atoms with Crippen LogP contribution in [0.15, 0.2) is 29.2 Å². The fourth-order valence-electron chi connectivity index (χ4n) is 2.91. The van der Waals surface area contributed by atoms with Gasteiger partial charge in [-0.1, -0.05) is 26.0 Å². The van der Waals surface area contributed by atoms with Crippen LogP contribution in [0.3, 0.4) is 0 Å². The van der Waals surface area contributed by atoms with E-state index < -0.39 is 10.0 Å². The number of nitrogens with zero attached hydrogens (tertiary/aromatic N) is 1. The Balaban J connectivity index is 2.35. The van der Waals surface area contributed by atoms with Gasteiger partial charge in [-0.3, -0.25) is 0 Å². The van der Waals surface area contributed by atoms with Gasteiger partial charge in [-0.2, -0.15) is 4.31 Å². The molecule has 3 atom stereocenters. The average molecular weight is 310 g/mol. The lowest BCUT2D eigenvalue weighted by atomic mass is 9.94. The topological polar surface area (TPSA) is 63.4 Å². The normalized spacial score (nSPS) is 25.7. The second-order valence-corrected chi connectivity index (χ2v) is 7.95. The third kappa shape index (κ3) is 3.30. The smallest absolute Gasteiger partial charge is 0.243 e. The van der Waals surface area contributed by atoms with Gasteiger partial charge >= 0.3 is 0 Å². The first-order chi connectivity index (χ1) is 9.87. The SMILES string of the molecule is CCC(N)c1cccc(S(=O)(=O)N2CCCC(C)C2C)c1. The highest BCUT2D eigenvalue weighted by molar-refractivity contribution is 7.89. The van der Waals surface area contributed by atoms with Crippen LogP contribution in [0.5, 0.6) is 0 Å². The highest BCUT2D eigenvalue weighted by Crippen LogP contribution is 2.29. The quantitative estimate of drug-likeness (QED) is 0.930. The second-order valence-electron chi connectivity index (χ2n) is 6.06. The zero-order valence-corrected chi connectivity index (χ0v) is 13.9. The second kappa shape index (κ2) is 6.46. The van der Waals surface area contributed by atoms with E-state index in [-0.39, 0.29) is 12.1 Å². The van der Waals surface area contributed by atoms with Gasteiger partial charge < -0.3 is 5.73 Å². The summed E-state index contributed by atoms with van der Waals surface area (Å²) >= 11 is 0. The highest BCUT2D eigenvalue weighted by atomic mass is 32.2. The van der Waals surface area contributed by atoms with E-state index in [1.165, 1.54) is 0 Å². The summed E-state index contributed by atoms with van der Waals surface area (Å²) in [5, 5.41) is 0. The van der Waals surface area contributed by atoms with Crippen LogP contribution in [0.2, 0.25) is 0 Å². The van der Waals surface area contributed by atoms with Gasteiger partial charge in [-0.05, 0) is 49.8 Å². The average Bonchev–Trinajstić information content (AvgIpc) is 2.49. The van der Waals surface area contributed by atoms with E-state index in [0.717, 1.165) is 24.8 Å². The highest BCUT2D eigenvalue weighted by Gasteiger charge is 2.34. The number of piperidine rings is 1. The fourth-order valence-corrected chi connectivity index (χ4v) is 4.73. The van der Waals surface area contributed by atoms with Gasteiger partial charge in [0.25, 0.3) is 0 Å². The molecule has 3 unspecified atom stereocenters. The van der Waals surface area contributed by atoms with E-state index in [2.05, 4.69) is 6.92 Å². The number of sulfonamides is 1. The first kappa shape index (κ1) is 16.5. The first-order valence-electron chi connectivity index (χ1n) is 7.75. The lowest BCUT2D eigenvalue weighted by molar-refractivity contribution is 0.202. The lowest BCUT2D eigenvalue weighted by Crippen LogP contribution is -2.45. The maximum Gasteiger partial charge on any atom is 0.243 e. The van der Waals surface area contributed by atoms with Crippen LogP contribution in [0.25, 0.3) is 0 Å². The molecule has 1 fully saturated rings. The number of hydrogen-bond donors (Lipinski definition) is 1. The molecule has 0 aromatic heterocycles. The minimum absolute atomic E-state index is 0.0484. The van der Waals surface area contributed by atoms with Gasteiger partial charge in [-0.15, -0.1) is 0 Å². The summed E-state index contributed by atoms with van der Waals surface area (Å²) in [4.78, 5) is 0.366. The molecule has 1 aliphatic heterocycles. The molecule has 1 heterocycles. The van der Waals surface area contributed by atoms with Gasteiger partial charge in [0.05, 0.1) is 4.90 Å². The van der Waals surface area contributed by atoms with Gasteiger partial charge in [-0.25, -0.2) is 8.42 Å². The van der Waals surface area contributed by atoms with Gasteiger partial charge in [0.1, 0.15) is 0 Å². The molecule has 0 aliphatic carbocycles. The van der Waals surface area contributed by atoms with Crippen molar-refractivity contribution in [3.8, 4) is 0 Å².